The molecule has 0 aliphatic carbocycles. The van der Waals surface area contributed by atoms with Gasteiger partial charge in [-0.05, 0) is 67.8 Å². The lowest BCUT2D eigenvalue weighted by Gasteiger charge is -2.17. The van der Waals surface area contributed by atoms with E-state index in [2.05, 4.69) is 11.4 Å². The zero-order valence-electron chi connectivity index (χ0n) is 15.6. The van der Waals surface area contributed by atoms with Crippen LogP contribution in [0.4, 0.5) is 11.4 Å². The highest BCUT2D eigenvalue weighted by molar-refractivity contribution is 7.93. The third-order valence-electron chi connectivity index (χ3n) is 4.33. The SMILES string of the molecule is Cc1cc(C)cc(OCCC(=O)Nc2ccc(N3CCCS3(=O)=O)cc2)c1. The second kappa shape index (κ2) is 8.00. The molecule has 27 heavy (non-hydrogen) atoms. The van der Waals surface area contributed by atoms with Crippen LogP contribution < -0.4 is 14.4 Å². The standard InChI is InChI=1S/C20H24N2O4S/c1-15-12-16(2)14-19(13-15)26-10-8-20(23)21-17-4-6-18(7-5-17)22-9-3-11-27(22,24)25/h4-7,12-14H,3,8-11H2,1-2H3,(H,21,23). The lowest BCUT2D eigenvalue weighted by molar-refractivity contribution is -0.116. The first-order valence-corrected chi connectivity index (χ1v) is 10.6. The van der Waals surface area contributed by atoms with Crippen LogP contribution in [0.2, 0.25) is 0 Å². The third kappa shape index (κ3) is 5.01. The molecule has 0 unspecified atom stereocenters. The number of nitrogens with zero attached hydrogens (tertiary/aromatic N) is 1. The number of hydrogen-bond donors (Lipinski definition) is 1. The Hall–Kier alpha value is -2.54. The molecule has 0 saturated carbocycles. The van der Waals surface area contributed by atoms with E-state index in [-0.39, 0.29) is 18.1 Å². The van der Waals surface area contributed by atoms with Gasteiger partial charge in [-0.15, -0.1) is 0 Å². The quantitative estimate of drug-likeness (QED) is 0.824. The second-order valence-corrected chi connectivity index (χ2v) is 8.77. The van der Waals surface area contributed by atoms with Gasteiger partial charge < -0.3 is 10.1 Å². The summed E-state index contributed by atoms with van der Waals surface area (Å²) in [4.78, 5) is 12.1. The summed E-state index contributed by atoms with van der Waals surface area (Å²) < 4.78 is 31.0. The fraction of sp³-hybridized carbons (Fsp3) is 0.350. The maximum atomic E-state index is 12.1. The van der Waals surface area contributed by atoms with Gasteiger partial charge in [0.1, 0.15) is 5.75 Å². The highest BCUT2D eigenvalue weighted by atomic mass is 32.2. The normalized spacial score (nSPS) is 15.6. The summed E-state index contributed by atoms with van der Waals surface area (Å²) in [6.45, 7) is 4.80. The minimum absolute atomic E-state index is 0.152. The van der Waals surface area contributed by atoms with Crippen molar-refractivity contribution in [1.82, 2.24) is 0 Å². The van der Waals surface area contributed by atoms with Gasteiger partial charge in [0.2, 0.25) is 15.9 Å². The van der Waals surface area contributed by atoms with Crippen molar-refractivity contribution in [3.8, 4) is 5.75 Å². The number of benzene rings is 2. The van der Waals surface area contributed by atoms with Crippen LogP contribution in [0, 0.1) is 13.8 Å². The Kier molecular flexibility index (Phi) is 5.70. The number of rotatable bonds is 6. The third-order valence-corrected chi connectivity index (χ3v) is 6.20. The summed E-state index contributed by atoms with van der Waals surface area (Å²) in [6, 6.07) is 12.8. The number of amides is 1. The van der Waals surface area contributed by atoms with E-state index < -0.39 is 10.0 Å². The van der Waals surface area contributed by atoms with E-state index in [1.807, 2.05) is 26.0 Å². The van der Waals surface area contributed by atoms with Gasteiger partial charge in [0.25, 0.3) is 0 Å². The zero-order valence-corrected chi connectivity index (χ0v) is 16.4. The number of nitrogens with one attached hydrogen (secondary N) is 1. The molecule has 0 bridgehead atoms. The minimum Gasteiger partial charge on any atom is -0.493 e. The van der Waals surface area contributed by atoms with Gasteiger partial charge >= 0.3 is 0 Å². The van der Waals surface area contributed by atoms with Gasteiger partial charge in [-0.1, -0.05) is 6.07 Å². The zero-order chi connectivity index (χ0) is 19.4. The van der Waals surface area contributed by atoms with Gasteiger partial charge in [-0.2, -0.15) is 0 Å². The molecule has 3 rings (SSSR count). The van der Waals surface area contributed by atoms with Crippen molar-refractivity contribution in [1.29, 1.82) is 0 Å². The molecule has 1 fully saturated rings. The molecule has 144 valence electrons. The lowest BCUT2D eigenvalue weighted by atomic mass is 10.1. The van der Waals surface area contributed by atoms with Crippen LogP contribution in [0.5, 0.6) is 5.75 Å². The number of sulfonamides is 1. The molecule has 1 aliphatic rings. The fourth-order valence-corrected chi connectivity index (χ4v) is 4.71. The van der Waals surface area contributed by atoms with Gasteiger partial charge in [0.15, 0.2) is 0 Å². The van der Waals surface area contributed by atoms with Crippen LogP contribution >= 0.6 is 0 Å². The van der Waals surface area contributed by atoms with Crippen molar-refractivity contribution in [2.24, 2.45) is 0 Å². The summed E-state index contributed by atoms with van der Waals surface area (Å²) in [5.74, 6) is 0.795. The summed E-state index contributed by atoms with van der Waals surface area (Å²) >= 11 is 0. The minimum atomic E-state index is -3.19. The Balaban J connectivity index is 1.50. The molecule has 2 aromatic carbocycles. The Labute approximate surface area is 160 Å². The summed E-state index contributed by atoms with van der Waals surface area (Å²) in [5, 5.41) is 2.80. The second-order valence-electron chi connectivity index (χ2n) is 6.76. The van der Waals surface area contributed by atoms with Crippen LogP contribution in [0.1, 0.15) is 24.0 Å². The molecule has 7 heteroatoms. The molecular weight excluding hydrogens is 364 g/mol. The van der Waals surface area contributed by atoms with E-state index in [0.717, 1.165) is 16.9 Å². The molecule has 1 N–H and O–H groups in total. The molecule has 1 aliphatic heterocycles. The topological polar surface area (TPSA) is 75.7 Å². The number of carbonyl (C=O) groups excluding carboxylic acids is 1. The average molecular weight is 388 g/mol. The summed E-state index contributed by atoms with van der Waals surface area (Å²) in [5.41, 5.74) is 3.50. The van der Waals surface area contributed by atoms with E-state index in [1.165, 1.54) is 4.31 Å². The molecule has 0 radical (unpaired) electrons. The van der Waals surface area contributed by atoms with E-state index in [0.29, 0.717) is 30.9 Å². The Morgan fingerprint density at radius 2 is 1.78 bits per heavy atom. The molecule has 0 atom stereocenters. The van der Waals surface area contributed by atoms with Gasteiger partial charge in [0, 0.05) is 12.2 Å². The van der Waals surface area contributed by atoms with E-state index in [1.54, 1.807) is 24.3 Å². The van der Waals surface area contributed by atoms with Crippen LogP contribution in [-0.4, -0.2) is 33.2 Å². The molecule has 1 heterocycles. The first kappa shape index (κ1) is 19.2. The molecule has 1 amide bonds. The fourth-order valence-electron chi connectivity index (χ4n) is 3.14. The predicted molar refractivity (Wildman–Crippen MR) is 107 cm³/mol. The van der Waals surface area contributed by atoms with Crippen molar-refractivity contribution in [2.75, 3.05) is 28.5 Å². The molecule has 6 nitrogen and oxygen atoms in total. The van der Waals surface area contributed by atoms with Crippen molar-refractivity contribution in [2.45, 2.75) is 26.7 Å². The number of aryl methyl sites for hydroxylation is 2. The van der Waals surface area contributed by atoms with Crippen LogP contribution in [0.3, 0.4) is 0 Å². The van der Waals surface area contributed by atoms with Crippen molar-refractivity contribution in [3.05, 3.63) is 53.6 Å². The van der Waals surface area contributed by atoms with Gasteiger partial charge in [-0.3, -0.25) is 9.10 Å². The van der Waals surface area contributed by atoms with Crippen LogP contribution in [-0.2, 0) is 14.8 Å². The first-order chi connectivity index (χ1) is 12.8. The predicted octanol–water partition coefficient (Wildman–Crippen LogP) is 3.25. The van der Waals surface area contributed by atoms with Gasteiger partial charge in [-0.25, -0.2) is 8.42 Å². The highest BCUT2D eigenvalue weighted by Crippen LogP contribution is 2.25. The molecule has 2 aromatic rings. The largest absolute Gasteiger partial charge is 0.493 e. The van der Waals surface area contributed by atoms with Crippen molar-refractivity contribution >= 4 is 27.3 Å². The molecule has 1 saturated heterocycles. The average Bonchev–Trinajstić information content (AvgIpc) is 2.94. The Bertz CT molecular complexity index is 903. The first-order valence-electron chi connectivity index (χ1n) is 8.95. The Morgan fingerprint density at radius 1 is 1.11 bits per heavy atom. The Morgan fingerprint density at radius 3 is 2.37 bits per heavy atom. The highest BCUT2D eigenvalue weighted by Gasteiger charge is 2.28. The van der Waals surface area contributed by atoms with Gasteiger partial charge in [0.05, 0.1) is 24.5 Å². The maximum Gasteiger partial charge on any atom is 0.235 e. The summed E-state index contributed by atoms with van der Waals surface area (Å²) in [6.07, 6.45) is 0.872. The lowest BCUT2D eigenvalue weighted by Crippen LogP contribution is -2.25. The molecular formula is C20H24N2O4S. The number of hydrogen-bond acceptors (Lipinski definition) is 4. The smallest absolute Gasteiger partial charge is 0.235 e. The van der Waals surface area contributed by atoms with Crippen molar-refractivity contribution < 1.29 is 17.9 Å². The maximum absolute atomic E-state index is 12.1. The van der Waals surface area contributed by atoms with Crippen LogP contribution in [0.25, 0.3) is 0 Å². The van der Waals surface area contributed by atoms with E-state index in [4.69, 9.17) is 4.74 Å². The van der Waals surface area contributed by atoms with E-state index >= 15 is 0 Å². The van der Waals surface area contributed by atoms with Crippen molar-refractivity contribution in [3.63, 3.8) is 0 Å². The van der Waals surface area contributed by atoms with Crippen LogP contribution in [0.15, 0.2) is 42.5 Å². The number of ether oxygens (including phenoxy) is 1. The number of anilines is 2. The summed E-state index contributed by atoms with van der Waals surface area (Å²) in [7, 11) is -3.19. The van der Waals surface area contributed by atoms with E-state index in [9.17, 15) is 13.2 Å². The monoisotopic (exact) mass is 388 g/mol. The molecule has 0 spiro atoms. The molecule has 0 aromatic heterocycles. The number of carbonyl (C=O) groups is 1.